The molecule has 0 bridgehead atoms. The van der Waals surface area contributed by atoms with Crippen molar-refractivity contribution in [3.63, 3.8) is 0 Å². The lowest BCUT2D eigenvalue weighted by Gasteiger charge is -2.01. The minimum absolute atomic E-state index is 0.506. The van der Waals surface area contributed by atoms with Crippen LogP contribution in [0.5, 0.6) is 0 Å². The van der Waals surface area contributed by atoms with Crippen LogP contribution in [0.25, 0.3) is 0 Å². The van der Waals surface area contributed by atoms with Crippen molar-refractivity contribution >= 4 is 0 Å². The number of imidazole rings is 1. The highest BCUT2D eigenvalue weighted by molar-refractivity contribution is 5.01. The minimum atomic E-state index is -0.506. The van der Waals surface area contributed by atoms with Crippen LogP contribution in [0.3, 0.4) is 0 Å². The first kappa shape index (κ1) is 8.01. The van der Waals surface area contributed by atoms with Crippen molar-refractivity contribution in [2.24, 2.45) is 7.05 Å². The molecule has 1 aromatic heterocycles. The van der Waals surface area contributed by atoms with E-state index in [2.05, 4.69) is 11.6 Å². The molecule has 0 aliphatic rings. The van der Waals surface area contributed by atoms with Gasteiger partial charge in [-0.1, -0.05) is 6.08 Å². The number of aryl methyl sites for hydroxylation is 1. The molecule has 0 aliphatic carbocycles. The predicted octanol–water partition coefficient (Wildman–Crippen LogP) is 1.03. The van der Waals surface area contributed by atoms with Gasteiger partial charge >= 0.3 is 0 Å². The van der Waals surface area contributed by atoms with Gasteiger partial charge in [0.25, 0.3) is 0 Å². The number of aliphatic hydroxyl groups is 1. The summed E-state index contributed by atoms with van der Waals surface area (Å²) in [5.74, 6) is 0. The highest BCUT2D eigenvalue weighted by Crippen LogP contribution is 2.13. The highest BCUT2D eigenvalue weighted by Gasteiger charge is 2.06. The summed E-state index contributed by atoms with van der Waals surface area (Å²) >= 11 is 0. The molecule has 1 heterocycles. The van der Waals surface area contributed by atoms with E-state index < -0.39 is 6.10 Å². The molecule has 0 aliphatic heterocycles. The molecule has 1 rings (SSSR count). The van der Waals surface area contributed by atoms with Crippen molar-refractivity contribution < 1.29 is 5.11 Å². The monoisotopic (exact) mass is 152 g/mol. The molecule has 0 saturated heterocycles. The summed E-state index contributed by atoms with van der Waals surface area (Å²) in [6, 6.07) is 0. The number of aliphatic hydroxyl groups excluding tert-OH is 1. The fourth-order valence-corrected chi connectivity index (χ4v) is 0.884. The standard InChI is InChI=1S/C8H12N2O/c1-3-4-8(11)7-5-10(2)6-9-7/h3,5-6,8,11H,1,4H2,2H3. The van der Waals surface area contributed by atoms with Crippen molar-refractivity contribution in [2.75, 3.05) is 0 Å². The Morgan fingerprint density at radius 1 is 1.91 bits per heavy atom. The molecule has 1 aromatic rings. The SMILES string of the molecule is C=CCC(O)c1cn(C)cn1. The molecule has 1 N–H and O–H groups in total. The van der Waals surface area contributed by atoms with Gasteiger partial charge in [0.15, 0.2) is 0 Å². The molecular weight excluding hydrogens is 140 g/mol. The van der Waals surface area contributed by atoms with E-state index >= 15 is 0 Å². The molecule has 60 valence electrons. The summed E-state index contributed by atoms with van der Waals surface area (Å²) in [5.41, 5.74) is 0.701. The zero-order chi connectivity index (χ0) is 8.27. The third-order valence-corrected chi connectivity index (χ3v) is 1.46. The Hall–Kier alpha value is -1.09. The zero-order valence-electron chi connectivity index (χ0n) is 6.57. The van der Waals surface area contributed by atoms with E-state index in [9.17, 15) is 5.11 Å². The van der Waals surface area contributed by atoms with Crippen LogP contribution >= 0.6 is 0 Å². The molecule has 0 fully saturated rings. The number of nitrogens with zero attached hydrogens (tertiary/aromatic N) is 2. The van der Waals surface area contributed by atoms with Gasteiger partial charge < -0.3 is 9.67 Å². The number of hydrogen-bond acceptors (Lipinski definition) is 2. The Morgan fingerprint density at radius 3 is 3.09 bits per heavy atom. The van der Waals surface area contributed by atoms with Crippen LogP contribution in [0.2, 0.25) is 0 Å². The first-order chi connectivity index (χ1) is 5.24. The average Bonchev–Trinajstić information content (AvgIpc) is 2.36. The molecule has 0 amide bonds. The zero-order valence-corrected chi connectivity index (χ0v) is 6.57. The molecule has 0 saturated carbocycles. The van der Waals surface area contributed by atoms with Gasteiger partial charge in [-0.25, -0.2) is 4.98 Å². The van der Waals surface area contributed by atoms with E-state index in [1.165, 1.54) is 0 Å². The number of aromatic nitrogens is 2. The van der Waals surface area contributed by atoms with Gasteiger partial charge in [0, 0.05) is 13.2 Å². The van der Waals surface area contributed by atoms with Gasteiger partial charge in [-0.2, -0.15) is 0 Å². The highest BCUT2D eigenvalue weighted by atomic mass is 16.3. The Morgan fingerprint density at radius 2 is 2.64 bits per heavy atom. The van der Waals surface area contributed by atoms with Crippen LogP contribution in [-0.4, -0.2) is 14.7 Å². The first-order valence-corrected chi connectivity index (χ1v) is 3.51. The van der Waals surface area contributed by atoms with Gasteiger partial charge in [-0.15, -0.1) is 6.58 Å². The Kier molecular flexibility index (Phi) is 2.44. The second kappa shape index (κ2) is 3.34. The summed E-state index contributed by atoms with van der Waals surface area (Å²) in [5, 5.41) is 9.39. The Labute approximate surface area is 66.0 Å². The third kappa shape index (κ3) is 1.91. The lowest BCUT2D eigenvalue weighted by atomic mass is 10.2. The van der Waals surface area contributed by atoms with Crippen LogP contribution in [0.1, 0.15) is 18.2 Å². The van der Waals surface area contributed by atoms with Crippen molar-refractivity contribution in [1.29, 1.82) is 0 Å². The van der Waals surface area contributed by atoms with E-state index in [1.54, 1.807) is 18.6 Å². The largest absolute Gasteiger partial charge is 0.386 e. The van der Waals surface area contributed by atoms with Gasteiger partial charge in [0.2, 0.25) is 0 Å². The van der Waals surface area contributed by atoms with Crippen molar-refractivity contribution in [3.8, 4) is 0 Å². The molecule has 0 radical (unpaired) electrons. The fourth-order valence-electron chi connectivity index (χ4n) is 0.884. The van der Waals surface area contributed by atoms with Crippen LogP contribution in [0.15, 0.2) is 25.2 Å². The van der Waals surface area contributed by atoms with E-state index in [4.69, 9.17) is 0 Å². The quantitative estimate of drug-likeness (QED) is 0.657. The summed E-state index contributed by atoms with van der Waals surface area (Å²) in [7, 11) is 1.87. The third-order valence-electron chi connectivity index (χ3n) is 1.46. The first-order valence-electron chi connectivity index (χ1n) is 3.51. The molecule has 3 heteroatoms. The Bertz CT molecular complexity index is 242. The van der Waals surface area contributed by atoms with E-state index in [0.29, 0.717) is 12.1 Å². The summed E-state index contributed by atoms with van der Waals surface area (Å²) in [6.07, 6.45) is 5.19. The molecule has 0 aromatic carbocycles. The topological polar surface area (TPSA) is 38.0 Å². The molecule has 11 heavy (non-hydrogen) atoms. The van der Waals surface area contributed by atoms with Crippen molar-refractivity contribution in [3.05, 3.63) is 30.9 Å². The molecule has 3 nitrogen and oxygen atoms in total. The normalized spacial score (nSPS) is 12.9. The average molecular weight is 152 g/mol. The summed E-state index contributed by atoms with van der Waals surface area (Å²) < 4.78 is 1.81. The lowest BCUT2D eigenvalue weighted by Crippen LogP contribution is -1.95. The molecular formula is C8H12N2O. The maximum atomic E-state index is 9.39. The maximum Gasteiger partial charge on any atom is 0.101 e. The van der Waals surface area contributed by atoms with Gasteiger partial charge in [0.1, 0.15) is 6.10 Å². The maximum absolute atomic E-state index is 9.39. The second-order valence-electron chi connectivity index (χ2n) is 2.50. The van der Waals surface area contributed by atoms with Crippen molar-refractivity contribution in [1.82, 2.24) is 9.55 Å². The van der Waals surface area contributed by atoms with Crippen LogP contribution in [-0.2, 0) is 7.05 Å². The summed E-state index contributed by atoms with van der Waals surface area (Å²) in [4.78, 5) is 4.00. The second-order valence-corrected chi connectivity index (χ2v) is 2.50. The Balaban J connectivity index is 2.67. The fraction of sp³-hybridized carbons (Fsp3) is 0.375. The van der Waals surface area contributed by atoms with E-state index in [0.717, 1.165) is 0 Å². The molecule has 0 spiro atoms. The minimum Gasteiger partial charge on any atom is -0.386 e. The predicted molar refractivity (Wildman–Crippen MR) is 43.0 cm³/mol. The smallest absolute Gasteiger partial charge is 0.101 e. The van der Waals surface area contributed by atoms with Crippen molar-refractivity contribution in [2.45, 2.75) is 12.5 Å². The van der Waals surface area contributed by atoms with Crippen LogP contribution < -0.4 is 0 Å². The number of hydrogen-bond donors (Lipinski definition) is 1. The lowest BCUT2D eigenvalue weighted by molar-refractivity contribution is 0.177. The molecule has 1 atom stereocenters. The van der Waals surface area contributed by atoms with Gasteiger partial charge in [-0.3, -0.25) is 0 Å². The van der Waals surface area contributed by atoms with Gasteiger partial charge in [0.05, 0.1) is 12.0 Å². The van der Waals surface area contributed by atoms with E-state index in [-0.39, 0.29) is 0 Å². The van der Waals surface area contributed by atoms with Crippen LogP contribution in [0.4, 0.5) is 0 Å². The van der Waals surface area contributed by atoms with Gasteiger partial charge in [-0.05, 0) is 6.42 Å². The number of rotatable bonds is 3. The van der Waals surface area contributed by atoms with Crippen LogP contribution in [0, 0.1) is 0 Å². The summed E-state index contributed by atoms with van der Waals surface area (Å²) in [6.45, 7) is 3.54. The van der Waals surface area contributed by atoms with E-state index in [1.807, 2.05) is 11.6 Å². The molecule has 1 unspecified atom stereocenters.